The number of ether oxygens (including phenoxy) is 2. The van der Waals surface area contributed by atoms with Gasteiger partial charge in [-0.05, 0) is 30.8 Å². The predicted molar refractivity (Wildman–Crippen MR) is 92.0 cm³/mol. The molecule has 6 heteroatoms. The molecule has 0 aliphatic heterocycles. The lowest BCUT2D eigenvalue weighted by molar-refractivity contribution is -0.121. The van der Waals surface area contributed by atoms with Gasteiger partial charge in [0, 0.05) is 37.5 Å². The molecule has 2 N–H and O–H groups in total. The minimum atomic E-state index is 0.0141. The minimum Gasteiger partial charge on any atom is -0.493 e. The molecule has 0 atom stereocenters. The van der Waals surface area contributed by atoms with Crippen molar-refractivity contribution in [1.29, 1.82) is 0 Å². The molecule has 0 spiro atoms. The normalized spacial score (nSPS) is 10.2. The van der Waals surface area contributed by atoms with Gasteiger partial charge >= 0.3 is 0 Å². The molecule has 1 aromatic heterocycles. The number of aromatic nitrogens is 1. The van der Waals surface area contributed by atoms with Gasteiger partial charge in [0.1, 0.15) is 6.61 Å². The average Bonchev–Trinajstić information content (AvgIpc) is 2.64. The molecule has 24 heavy (non-hydrogen) atoms. The number of carbonyl (C=O) groups is 1. The fourth-order valence-corrected chi connectivity index (χ4v) is 2.11. The fraction of sp³-hybridized carbons (Fsp3) is 0.333. The number of benzene rings is 1. The highest BCUT2D eigenvalue weighted by Gasteiger charge is 2.07. The summed E-state index contributed by atoms with van der Waals surface area (Å²) in [5.41, 5.74) is 1.94. The number of hydrogen-bond donors (Lipinski definition) is 2. The molecule has 0 saturated heterocycles. The van der Waals surface area contributed by atoms with Gasteiger partial charge in [-0.1, -0.05) is 12.1 Å². The van der Waals surface area contributed by atoms with E-state index in [1.165, 1.54) is 0 Å². The van der Waals surface area contributed by atoms with Gasteiger partial charge in [0.15, 0.2) is 11.5 Å². The summed E-state index contributed by atoms with van der Waals surface area (Å²) in [5.74, 6) is 1.31. The number of pyridine rings is 1. The molecule has 1 amide bonds. The number of hydrogen-bond acceptors (Lipinski definition) is 5. The summed E-state index contributed by atoms with van der Waals surface area (Å²) in [4.78, 5) is 15.7. The van der Waals surface area contributed by atoms with E-state index in [1.807, 2.05) is 37.4 Å². The molecule has 0 fully saturated rings. The first kappa shape index (κ1) is 17.7. The van der Waals surface area contributed by atoms with Gasteiger partial charge < -0.3 is 20.1 Å². The zero-order valence-electron chi connectivity index (χ0n) is 14.0. The van der Waals surface area contributed by atoms with Gasteiger partial charge in [-0.2, -0.15) is 0 Å². The monoisotopic (exact) mass is 329 g/mol. The maximum Gasteiger partial charge on any atom is 0.221 e. The number of amides is 1. The molecule has 2 rings (SSSR count). The van der Waals surface area contributed by atoms with Crippen molar-refractivity contribution in [3.8, 4) is 11.5 Å². The lowest BCUT2D eigenvalue weighted by Crippen LogP contribution is -2.26. The van der Waals surface area contributed by atoms with Crippen molar-refractivity contribution in [3.05, 3.63) is 53.9 Å². The first-order valence-corrected chi connectivity index (χ1v) is 7.83. The molecule has 128 valence electrons. The maximum atomic E-state index is 11.6. The van der Waals surface area contributed by atoms with Crippen LogP contribution in [-0.4, -0.2) is 31.6 Å². The zero-order valence-corrected chi connectivity index (χ0v) is 14.0. The second-order valence-electron chi connectivity index (χ2n) is 5.27. The smallest absolute Gasteiger partial charge is 0.221 e. The summed E-state index contributed by atoms with van der Waals surface area (Å²) in [7, 11) is 3.42. The number of nitrogens with zero attached hydrogens (tertiary/aromatic N) is 1. The maximum absolute atomic E-state index is 11.6. The molecule has 6 nitrogen and oxygen atoms in total. The lowest BCUT2D eigenvalue weighted by Gasteiger charge is -2.12. The Balaban J connectivity index is 1.93. The fourth-order valence-electron chi connectivity index (χ4n) is 2.11. The minimum absolute atomic E-state index is 0.0141. The lowest BCUT2D eigenvalue weighted by atomic mass is 10.2. The first-order chi connectivity index (χ1) is 11.7. The van der Waals surface area contributed by atoms with Crippen LogP contribution >= 0.6 is 0 Å². The van der Waals surface area contributed by atoms with E-state index in [0.717, 1.165) is 11.1 Å². The van der Waals surface area contributed by atoms with Crippen LogP contribution in [0.5, 0.6) is 11.5 Å². The number of rotatable bonds is 9. The van der Waals surface area contributed by atoms with Crippen LogP contribution in [0.15, 0.2) is 42.7 Å². The molecule has 0 radical (unpaired) electrons. The van der Waals surface area contributed by atoms with Crippen LogP contribution in [0.25, 0.3) is 0 Å². The second-order valence-corrected chi connectivity index (χ2v) is 5.27. The van der Waals surface area contributed by atoms with Crippen molar-refractivity contribution in [2.24, 2.45) is 0 Å². The third-order valence-corrected chi connectivity index (χ3v) is 3.44. The Morgan fingerprint density at radius 1 is 1.21 bits per heavy atom. The third kappa shape index (κ3) is 5.55. The third-order valence-electron chi connectivity index (χ3n) is 3.44. The van der Waals surface area contributed by atoms with E-state index >= 15 is 0 Å². The summed E-state index contributed by atoms with van der Waals surface area (Å²) >= 11 is 0. The molecule has 0 unspecified atom stereocenters. The molecule has 0 bridgehead atoms. The molecule has 0 aliphatic carbocycles. The van der Waals surface area contributed by atoms with Crippen molar-refractivity contribution < 1.29 is 14.3 Å². The number of carbonyl (C=O) groups excluding carboxylic acids is 1. The Hall–Kier alpha value is -2.60. The van der Waals surface area contributed by atoms with Crippen LogP contribution < -0.4 is 20.1 Å². The summed E-state index contributed by atoms with van der Waals surface area (Å²) in [6.45, 7) is 1.54. The number of nitrogens with one attached hydrogen (secondary N) is 2. The Labute approximate surface area is 142 Å². The summed E-state index contributed by atoms with van der Waals surface area (Å²) in [6, 6.07) is 9.46. The largest absolute Gasteiger partial charge is 0.493 e. The van der Waals surface area contributed by atoms with Crippen LogP contribution in [0.2, 0.25) is 0 Å². The van der Waals surface area contributed by atoms with E-state index in [2.05, 4.69) is 15.6 Å². The zero-order chi connectivity index (χ0) is 17.2. The molecule has 1 aromatic carbocycles. The summed E-state index contributed by atoms with van der Waals surface area (Å²) in [5, 5.41) is 5.83. The Morgan fingerprint density at radius 3 is 2.79 bits per heavy atom. The Bertz CT molecular complexity index is 647. The van der Waals surface area contributed by atoms with E-state index < -0.39 is 0 Å². The highest BCUT2D eigenvalue weighted by Crippen LogP contribution is 2.28. The van der Waals surface area contributed by atoms with Crippen molar-refractivity contribution in [1.82, 2.24) is 15.6 Å². The highest BCUT2D eigenvalue weighted by atomic mass is 16.5. The van der Waals surface area contributed by atoms with E-state index in [-0.39, 0.29) is 5.91 Å². The van der Waals surface area contributed by atoms with Crippen molar-refractivity contribution >= 4 is 5.91 Å². The van der Waals surface area contributed by atoms with E-state index in [1.54, 1.807) is 19.5 Å². The Kier molecular flexibility index (Phi) is 7.04. The van der Waals surface area contributed by atoms with Crippen LogP contribution in [0.4, 0.5) is 0 Å². The van der Waals surface area contributed by atoms with Gasteiger partial charge in [-0.3, -0.25) is 9.78 Å². The quantitative estimate of drug-likeness (QED) is 0.735. The Morgan fingerprint density at radius 2 is 2.08 bits per heavy atom. The van der Waals surface area contributed by atoms with Crippen molar-refractivity contribution in [2.45, 2.75) is 19.6 Å². The van der Waals surface area contributed by atoms with Gasteiger partial charge in [-0.15, -0.1) is 0 Å². The van der Waals surface area contributed by atoms with Crippen LogP contribution in [0.1, 0.15) is 17.5 Å². The highest BCUT2D eigenvalue weighted by molar-refractivity contribution is 5.76. The molecular weight excluding hydrogens is 306 g/mol. The molecule has 2 aromatic rings. The van der Waals surface area contributed by atoms with E-state index in [9.17, 15) is 4.79 Å². The molecule has 0 saturated carbocycles. The van der Waals surface area contributed by atoms with Crippen molar-refractivity contribution in [2.75, 3.05) is 20.7 Å². The van der Waals surface area contributed by atoms with Gasteiger partial charge in [0.25, 0.3) is 0 Å². The van der Waals surface area contributed by atoms with Crippen LogP contribution in [0, 0.1) is 0 Å². The summed E-state index contributed by atoms with van der Waals surface area (Å²) in [6.07, 6.45) is 3.95. The molecule has 1 heterocycles. The van der Waals surface area contributed by atoms with Gasteiger partial charge in [0.05, 0.1) is 7.11 Å². The van der Waals surface area contributed by atoms with Crippen LogP contribution in [0.3, 0.4) is 0 Å². The molecule has 0 aliphatic rings. The van der Waals surface area contributed by atoms with E-state index in [4.69, 9.17) is 9.47 Å². The second kappa shape index (κ2) is 9.52. The number of methoxy groups -OCH3 is 1. The summed E-state index contributed by atoms with van der Waals surface area (Å²) < 4.78 is 11.2. The standard InChI is InChI=1S/C18H23N3O3/c1-19-9-7-18(22)21-12-14-5-6-16(17(10-14)23-2)24-13-15-4-3-8-20-11-15/h3-6,8,10-11,19H,7,9,12-13H2,1-2H3,(H,21,22). The first-order valence-electron chi connectivity index (χ1n) is 7.83. The van der Waals surface area contributed by atoms with E-state index in [0.29, 0.717) is 37.6 Å². The average molecular weight is 329 g/mol. The topological polar surface area (TPSA) is 72.5 Å². The molecular formula is C18H23N3O3. The van der Waals surface area contributed by atoms with Gasteiger partial charge in [-0.25, -0.2) is 0 Å². The van der Waals surface area contributed by atoms with Gasteiger partial charge in [0.2, 0.25) is 5.91 Å². The van der Waals surface area contributed by atoms with Crippen LogP contribution in [-0.2, 0) is 17.9 Å². The SMILES string of the molecule is CNCCC(=O)NCc1ccc(OCc2cccnc2)c(OC)c1. The van der Waals surface area contributed by atoms with Crippen molar-refractivity contribution in [3.63, 3.8) is 0 Å². The predicted octanol–water partition coefficient (Wildman–Crippen LogP) is 1.89.